The summed E-state index contributed by atoms with van der Waals surface area (Å²) in [6.45, 7) is 18.5. The Kier molecular flexibility index (Phi) is 25.1. The van der Waals surface area contributed by atoms with Gasteiger partial charge in [-0.1, -0.05) is 91.8 Å². The number of aliphatic hydroxyl groups excluding tert-OH is 2. The highest BCUT2D eigenvalue weighted by molar-refractivity contribution is 6.38. The molecule has 0 radical (unpaired) electrons. The number of cyclic esters (lactones) is 1. The molecule has 0 aromatic rings. The molecule has 3 rings (SSSR count). The average molecular weight is 984 g/mol. The van der Waals surface area contributed by atoms with Gasteiger partial charge in [-0.25, -0.2) is 4.79 Å². The third-order valence-electron chi connectivity index (χ3n) is 15.3. The molecule has 0 spiro atoms. The maximum Gasteiger partial charge on any atom is 0.329 e. The lowest BCUT2D eigenvalue weighted by Crippen LogP contribution is -2.53. The molecule has 4 unspecified atom stereocenters. The number of amides is 1. The summed E-state index contributed by atoms with van der Waals surface area (Å²) in [7, 11) is 4.61. The zero-order valence-corrected chi connectivity index (χ0v) is 44.8. The van der Waals surface area contributed by atoms with Crippen LogP contribution in [-0.2, 0) is 52.5 Å². The first-order valence-electron chi connectivity index (χ1n) is 26.0. The van der Waals surface area contributed by atoms with E-state index in [0.29, 0.717) is 63.4 Å². The minimum absolute atomic E-state index is 0.0284. The second kappa shape index (κ2) is 29.0. The minimum atomic E-state index is -1.32. The molecule has 0 aromatic heterocycles. The number of piperidine rings is 1. The highest BCUT2D eigenvalue weighted by Crippen LogP contribution is 2.35. The van der Waals surface area contributed by atoms with Crippen molar-refractivity contribution in [3.8, 4) is 0 Å². The van der Waals surface area contributed by atoms with E-state index >= 15 is 0 Å². The molecule has 0 aromatic carbocycles. The number of hydrogen-bond acceptors (Lipinski definition) is 13. The van der Waals surface area contributed by atoms with Crippen LogP contribution < -0.4 is 0 Å². The number of carbonyl (C=O) groups is 6. The molecule has 70 heavy (non-hydrogen) atoms. The van der Waals surface area contributed by atoms with Crippen molar-refractivity contribution in [2.24, 2.45) is 40.9 Å². The van der Waals surface area contributed by atoms with E-state index in [0.717, 1.165) is 24.8 Å². The number of ether oxygens (including phenoxy) is 5. The smallest absolute Gasteiger partial charge is 0.329 e. The number of ketones is 3. The van der Waals surface area contributed by atoms with Gasteiger partial charge < -0.3 is 38.8 Å². The van der Waals surface area contributed by atoms with Gasteiger partial charge in [-0.15, -0.1) is 0 Å². The largest absolute Gasteiger partial charge is 0.462 e. The van der Waals surface area contributed by atoms with Crippen molar-refractivity contribution in [3.63, 3.8) is 0 Å². The quantitative estimate of drug-likeness (QED) is 0.0345. The Balaban J connectivity index is 1.68. The molecule has 14 nitrogen and oxygen atoms in total. The standard InChI is InChI=1S/C56H89NO13/c1-14-56(9,10)52(62)53(63)57-27-19-18-22-43(57)55(65)70-47(38(6)30-41-24-26-44(58)48(31-41)67-12)33-45(59)37(5)29-40(8)50(61)51(68-13)49(60)39(7)28-34(2)20-16-15-17-21-35(3)46(66-11)32-42-25-23-36(4)54(64)69-42/h15-17,20-21,29,34,36-39,41-44,46-48,50-51,58,61H,14,18-19,22-28,30-33H2,1-13H3/t34-,36?,37-,38-,39-,41?,42?,43?,44-,46+,47+,48-,50-,51+/m1/s1. The van der Waals surface area contributed by atoms with E-state index < -0.39 is 65.4 Å². The molecule has 0 bridgehead atoms. The summed E-state index contributed by atoms with van der Waals surface area (Å²) >= 11 is 0. The number of esters is 2. The van der Waals surface area contributed by atoms with Crippen LogP contribution in [0.4, 0.5) is 0 Å². The molecule has 1 aliphatic carbocycles. The Morgan fingerprint density at radius 1 is 0.900 bits per heavy atom. The molecule has 2 N–H and O–H groups in total. The highest BCUT2D eigenvalue weighted by Gasteiger charge is 2.42. The summed E-state index contributed by atoms with van der Waals surface area (Å²) in [4.78, 5) is 82.2. The van der Waals surface area contributed by atoms with Gasteiger partial charge in [-0.05, 0) is 113 Å². The van der Waals surface area contributed by atoms with Crippen LogP contribution in [0.5, 0.6) is 0 Å². The van der Waals surface area contributed by atoms with Crippen molar-refractivity contribution in [2.45, 2.75) is 201 Å². The maximum absolute atomic E-state index is 14.1. The Labute approximate surface area is 419 Å². The van der Waals surface area contributed by atoms with Crippen LogP contribution in [0.1, 0.15) is 153 Å². The zero-order valence-electron chi connectivity index (χ0n) is 44.8. The topological polar surface area (TPSA) is 192 Å². The van der Waals surface area contributed by atoms with Gasteiger partial charge in [-0.2, -0.15) is 0 Å². The van der Waals surface area contributed by atoms with Gasteiger partial charge in [0.15, 0.2) is 5.78 Å². The van der Waals surface area contributed by atoms with Crippen LogP contribution in [0.3, 0.4) is 0 Å². The second-order valence-corrected chi connectivity index (χ2v) is 21.5. The van der Waals surface area contributed by atoms with Crippen LogP contribution in [0.25, 0.3) is 0 Å². The van der Waals surface area contributed by atoms with E-state index in [1.54, 1.807) is 48.0 Å². The van der Waals surface area contributed by atoms with Crippen LogP contribution >= 0.6 is 0 Å². The maximum atomic E-state index is 14.1. The molecule has 3 aliphatic rings. The molecular weight excluding hydrogens is 895 g/mol. The minimum Gasteiger partial charge on any atom is -0.462 e. The summed E-state index contributed by atoms with van der Waals surface area (Å²) in [5.41, 5.74) is 0.519. The number of carbonyl (C=O) groups excluding carboxylic acids is 6. The predicted octanol–water partition coefficient (Wildman–Crippen LogP) is 8.44. The van der Waals surface area contributed by atoms with E-state index in [1.807, 2.05) is 71.9 Å². The van der Waals surface area contributed by atoms with Crippen LogP contribution in [0.15, 0.2) is 47.6 Å². The molecule has 3 fully saturated rings. The van der Waals surface area contributed by atoms with E-state index in [1.165, 1.54) is 12.0 Å². The SMILES string of the molecule is CCC(C)(C)C(=O)C(=O)N1CCCCC1C(=O)O[C@@H](CC(=O)[C@H](C)C=C(C)[C@@H](O)[C@@H](OC)C(=O)[C@H](C)C[C@H](C)C=CC=CC=C(C)[C@H](CC1CCC(C)C(=O)O1)OC)[C@H](C)CC1CC[C@@H](O)[C@H](OC)C1. The first-order chi connectivity index (χ1) is 33.0. The van der Waals surface area contributed by atoms with Gasteiger partial charge in [0.25, 0.3) is 5.91 Å². The van der Waals surface area contributed by atoms with Crippen molar-refractivity contribution >= 4 is 35.2 Å². The molecule has 2 aliphatic heterocycles. The lowest BCUT2D eigenvalue weighted by Gasteiger charge is -2.37. The van der Waals surface area contributed by atoms with E-state index in [9.17, 15) is 39.0 Å². The first kappa shape index (κ1) is 60.5. The lowest BCUT2D eigenvalue weighted by atomic mass is 9.78. The number of hydrogen-bond donors (Lipinski definition) is 2. The number of aliphatic hydroxyl groups is 2. The van der Waals surface area contributed by atoms with Crippen LogP contribution in [-0.4, -0.2) is 127 Å². The van der Waals surface area contributed by atoms with Crippen molar-refractivity contribution in [2.75, 3.05) is 27.9 Å². The fourth-order valence-corrected chi connectivity index (χ4v) is 9.97. The van der Waals surface area contributed by atoms with Crippen LogP contribution in [0, 0.1) is 40.9 Å². The van der Waals surface area contributed by atoms with E-state index in [4.69, 9.17) is 23.7 Å². The third-order valence-corrected chi connectivity index (χ3v) is 15.3. The van der Waals surface area contributed by atoms with Crippen molar-refractivity contribution in [3.05, 3.63) is 47.6 Å². The number of allylic oxidation sites excluding steroid dienone is 6. The van der Waals surface area contributed by atoms with Crippen molar-refractivity contribution in [1.82, 2.24) is 4.90 Å². The number of nitrogens with zero attached hydrogens (tertiary/aromatic N) is 1. The fourth-order valence-electron chi connectivity index (χ4n) is 9.97. The lowest BCUT2D eigenvalue weighted by molar-refractivity contribution is -0.167. The Hall–Kier alpha value is -3.82. The summed E-state index contributed by atoms with van der Waals surface area (Å²) in [5.74, 6) is -3.89. The molecule has 14 heteroatoms. The van der Waals surface area contributed by atoms with Gasteiger partial charge in [0.05, 0.1) is 24.2 Å². The molecule has 14 atom stereocenters. The van der Waals surface area contributed by atoms with E-state index in [-0.39, 0.29) is 72.5 Å². The fraction of sp³-hybridized carbons (Fsp3) is 0.750. The Bertz CT molecular complexity index is 1870. The molecule has 396 valence electrons. The molecular formula is C56H89NO13. The molecule has 2 heterocycles. The summed E-state index contributed by atoms with van der Waals surface area (Å²) in [6, 6.07) is -0.958. The first-order valence-corrected chi connectivity index (χ1v) is 26.0. The van der Waals surface area contributed by atoms with Gasteiger partial charge in [0.1, 0.15) is 36.2 Å². The summed E-state index contributed by atoms with van der Waals surface area (Å²) in [5, 5.41) is 21.9. The number of likely N-dealkylation sites (tertiary alicyclic amines) is 1. The van der Waals surface area contributed by atoms with Gasteiger partial charge in [0, 0.05) is 58.0 Å². The highest BCUT2D eigenvalue weighted by atomic mass is 16.6. The molecule has 1 amide bonds. The zero-order chi connectivity index (χ0) is 52.5. The predicted molar refractivity (Wildman–Crippen MR) is 269 cm³/mol. The molecule has 2 saturated heterocycles. The Morgan fingerprint density at radius 3 is 2.23 bits per heavy atom. The monoisotopic (exact) mass is 984 g/mol. The molecule has 1 saturated carbocycles. The third kappa shape index (κ3) is 17.7. The second-order valence-electron chi connectivity index (χ2n) is 21.5. The van der Waals surface area contributed by atoms with Crippen molar-refractivity contribution in [1.29, 1.82) is 0 Å². The normalized spacial score (nSPS) is 26.4. The summed E-state index contributed by atoms with van der Waals surface area (Å²) < 4.78 is 28.7. The summed E-state index contributed by atoms with van der Waals surface area (Å²) in [6.07, 6.45) is 14.1. The van der Waals surface area contributed by atoms with Crippen molar-refractivity contribution < 1.29 is 62.7 Å². The number of rotatable bonds is 27. The van der Waals surface area contributed by atoms with Crippen LogP contribution in [0.2, 0.25) is 0 Å². The Morgan fingerprint density at radius 2 is 1.60 bits per heavy atom. The van der Waals surface area contributed by atoms with Gasteiger partial charge in [-0.3, -0.25) is 24.0 Å². The average Bonchev–Trinajstić information content (AvgIpc) is 3.33. The van der Waals surface area contributed by atoms with Gasteiger partial charge in [0.2, 0.25) is 5.78 Å². The van der Waals surface area contributed by atoms with Gasteiger partial charge >= 0.3 is 11.9 Å². The van der Waals surface area contributed by atoms with E-state index in [2.05, 4.69) is 0 Å². The number of methoxy groups -OCH3 is 3. The number of Topliss-reactive ketones (excluding diaryl/α,β-unsaturated/α-hetero) is 3.